The zero-order valence-electron chi connectivity index (χ0n) is 50.3. The van der Waals surface area contributed by atoms with E-state index in [0.29, 0.717) is 37.7 Å². The molecule has 12 aliphatic rings. The summed E-state index contributed by atoms with van der Waals surface area (Å²) in [7, 11) is 1.50. The topological polar surface area (TPSA) is 145 Å². The first-order chi connectivity index (χ1) is 38.1. The summed E-state index contributed by atoms with van der Waals surface area (Å²) in [6, 6.07) is 2.29. The Hall–Kier alpha value is -2.14. The maximum absolute atomic E-state index is 11.2. The second-order valence-corrected chi connectivity index (χ2v) is 28.6. The van der Waals surface area contributed by atoms with Crippen molar-refractivity contribution in [2.75, 3.05) is 13.7 Å². The summed E-state index contributed by atoms with van der Waals surface area (Å²) in [6.45, 7) is 2.75. The Morgan fingerprint density at radius 2 is 0.705 bits per heavy atom. The fourth-order valence-corrected chi connectivity index (χ4v) is 20.7. The summed E-state index contributed by atoms with van der Waals surface area (Å²) < 4.78 is 4.75. The number of hydrogen-bond acceptors (Lipinski definition) is 6. The first-order valence-corrected chi connectivity index (χ1v) is 34.6. The molecule has 0 heterocycles. The van der Waals surface area contributed by atoms with Gasteiger partial charge in [0.2, 0.25) is 0 Å². The van der Waals surface area contributed by atoms with E-state index in [1.54, 1.807) is 25.7 Å². The monoisotopic (exact) mass is 1090 g/mol. The Bertz CT molecular complexity index is 1730. The lowest BCUT2D eigenvalue weighted by molar-refractivity contribution is -0.142. The predicted octanol–water partition coefficient (Wildman–Crippen LogP) is 18.6. The third-order valence-corrected chi connectivity index (χ3v) is 24.5. The van der Waals surface area contributed by atoms with Gasteiger partial charge in [-0.05, 0) is 241 Å². The molecule has 18 unspecified atom stereocenters. The number of aliphatic hydroxyl groups is 1. The minimum atomic E-state index is -0.621. The summed E-state index contributed by atoms with van der Waals surface area (Å²) in [6.07, 6.45) is 59.3. The van der Waals surface area contributed by atoms with Crippen LogP contribution in [0.4, 0.5) is 0 Å². The highest BCUT2D eigenvalue weighted by Gasteiger charge is 2.42. The first kappa shape index (κ1) is 63.4. The number of carboxylic acid groups (broad SMARTS) is 2. The lowest BCUT2D eigenvalue weighted by Gasteiger charge is -2.29. The molecule has 18 atom stereocenters. The third-order valence-electron chi connectivity index (χ3n) is 24.5. The molecular weight excluding hydrogens is 967 g/mol. The Labute approximate surface area is 477 Å². The number of aliphatic hydroxyl groups excluding tert-OH is 1. The summed E-state index contributed by atoms with van der Waals surface area (Å²) in [5.41, 5.74) is 0. The maximum atomic E-state index is 11.2. The Morgan fingerprint density at radius 1 is 0.397 bits per heavy atom. The van der Waals surface area contributed by atoms with Crippen molar-refractivity contribution in [3.63, 3.8) is 0 Å². The van der Waals surface area contributed by atoms with Gasteiger partial charge >= 0.3 is 17.9 Å². The molecule has 0 saturated heterocycles. The Kier molecular flexibility index (Phi) is 28.0. The number of nitriles is 1. The number of esters is 1. The van der Waals surface area contributed by atoms with Crippen LogP contribution in [-0.4, -0.2) is 46.9 Å². The van der Waals surface area contributed by atoms with Crippen LogP contribution in [0.5, 0.6) is 0 Å². The van der Waals surface area contributed by atoms with E-state index in [1.165, 1.54) is 232 Å². The number of rotatable bonds is 13. The Balaban J connectivity index is 0.000000136. The van der Waals surface area contributed by atoms with E-state index in [-0.39, 0.29) is 5.97 Å². The van der Waals surface area contributed by atoms with Crippen molar-refractivity contribution in [3.05, 3.63) is 0 Å². The van der Waals surface area contributed by atoms with Crippen molar-refractivity contribution in [3.8, 4) is 6.07 Å². The average molecular weight is 1090 g/mol. The second kappa shape index (κ2) is 34.5. The minimum Gasteiger partial charge on any atom is -0.481 e. The lowest BCUT2D eigenvalue weighted by atomic mass is 9.77. The molecule has 0 aromatic heterocycles. The molecule has 0 aromatic carbocycles. The number of aliphatic carboxylic acids is 2. The molecule has 0 radical (unpaired) electrons. The number of methoxy groups -OCH3 is 1. The molecule has 8 nitrogen and oxygen atoms in total. The molecule has 78 heavy (non-hydrogen) atoms. The highest BCUT2D eigenvalue weighted by atomic mass is 16.5. The molecule has 0 aromatic rings. The molecule has 0 amide bonds. The number of carbonyl (C=O) groups excluding carboxylic acids is 1. The zero-order valence-corrected chi connectivity index (χ0v) is 50.3. The molecule has 446 valence electrons. The maximum Gasteiger partial charge on any atom is 0.305 e. The van der Waals surface area contributed by atoms with Gasteiger partial charge in [0.05, 0.1) is 13.2 Å². The Morgan fingerprint density at radius 3 is 1.03 bits per heavy atom. The summed E-state index contributed by atoms with van der Waals surface area (Å²) in [5.74, 6) is 15.1. The second-order valence-electron chi connectivity index (χ2n) is 28.6. The van der Waals surface area contributed by atoms with E-state index < -0.39 is 11.9 Å². The van der Waals surface area contributed by atoms with E-state index in [9.17, 15) is 14.4 Å². The van der Waals surface area contributed by atoms with Crippen LogP contribution in [0.3, 0.4) is 0 Å². The highest BCUT2D eigenvalue weighted by Crippen LogP contribution is 2.52. The van der Waals surface area contributed by atoms with Crippen molar-refractivity contribution in [2.24, 2.45) is 107 Å². The smallest absolute Gasteiger partial charge is 0.305 e. The fraction of sp³-hybridized carbons (Fsp3) is 0.943. The number of nitrogens with zero attached hydrogens (tertiary/aromatic N) is 1. The van der Waals surface area contributed by atoms with E-state index in [2.05, 4.69) is 13.0 Å². The van der Waals surface area contributed by atoms with Gasteiger partial charge in [-0.15, -0.1) is 0 Å². The standard InChI is InChI=1S/C12H19N.2C12H20O2.C12H22.C11H18O2.C11H20O/c13-9-3-5-11-8-7-10-4-1-2-6-12(10)11;1-14-12(13)8-10-7-6-9-4-2-3-5-11(9)10;13-12(14)8-7-10-6-5-9-3-1-2-4-11(9)10;1-2-5-10-8-9-11-6-3-4-7-12(10)11;12-11(13)7-9-6-5-8-3-1-2-4-10(8)9;12-8-7-10-6-5-9-3-1-2-4-11(9)10/h10-12H,1-8H2;9-11H,2-8H2,1H3;9-11H,1-8H2,(H,13,14);10-12H,2-9H2,1H3;8-10H,1-7H2,(H,12,13);9-12H,1-8H2. The van der Waals surface area contributed by atoms with Gasteiger partial charge in [0.25, 0.3) is 0 Å². The van der Waals surface area contributed by atoms with E-state index in [1.807, 2.05) is 0 Å². The average Bonchev–Trinajstić information content (AvgIpc) is 4.37. The largest absolute Gasteiger partial charge is 0.481 e. The van der Waals surface area contributed by atoms with Crippen LogP contribution in [0.1, 0.15) is 296 Å². The van der Waals surface area contributed by atoms with Crippen LogP contribution < -0.4 is 0 Å². The quantitative estimate of drug-likeness (QED) is 0.155. The molecule has 3 N–H and O–H groups in total. The van der Waals surface area contributed by atoms with Crippen molar-refractivity contribution in [1.82, 2.24) is 0 Å². The third kappa shape index (κ3) is 19.2. The van der Waals surface area contributed by atoms with Crippen LogP contribution >= 0.6 is 0 Å². The van der Waals surface area contributed by atoms with Gasteiger partial charge in [-0.2, -0.15) is 5.26 Å². The molecule has 12 aliphatic carbocycles. The van der Waals surface area contributed by atoms with Crippen molar-refractivity contribution < 1.29 is 34.4 Å². The van der Waals surface area contributed by atoms with Crippen LogP contribution in [0.15, 0.2) is 0 Å². The van der Waals surface area contributed by atoms with Gasteiger partial charge < -0.3 is 20.1 Å². The van der Waals surface area contributed by atoms with Crippen LogP contribution in [0.25, 0.3) is 0 Å². The predicted molar refractivity (Wildman–Crippen MR) is 316 cm³/mol. The van der Waals surface area contributed by atoms with E-state index in [0.717, 1.165) is 114 Å². The molecule has 0 bridgehead atoms. The zero-order chi connectivity index (χ0) is 55.1. The fourth-order valence-electron chi connectivity index (χ4n) is 20.7. The van der Waals surface area contributed by atoms with Crippen molar-refractivity contribution in [2.45, 2.75) is 296 Å². The molecule has 8 heteroatoms. The van der Waals surface area contributed by atoms with Gasteiger partial charge in [-0.25, -0.2) is 0 Å². The van der Waals surface area contributed by atoms with Crippen LogP contribution in [-0.2, 0) is 19.1 Å². The summed E-state index contributed by atoms with van der Waals surface area (Å²) >= 11 is 0. The lowest BCUT2D eigenvalue weighted by Crippen LogP contribution is -2.21. The van der Waals surface area contributed by atoms with Crippen LogP contribution in [0.2, 0.25) is 0 Å². The number of ether oxygens (including phenoxy) is 1. The number of carboxylic acids is 2. The summed E-state index contributed by atoms with van der Waals surface area (Å²) in [4.78, 5) is 32.4. The number of hydrogen-bond donors (Lipinski definition) is 3. The van der Waals surface area contributed by atoms with E-state index in [4.69, 9.17) is 25.3 Å². The van der Waals surface area contributed by atoms with Crippen molar-refractivity contribution >= 4 is 17.9 Å². The molecular formula is C70H119NO7. The molecule has 0 aliphatic heterocycles. The van der Waals surface area contributed by atoms with E-state index >= 15 is 0 Å². The SMILES string of the molecule is CCCC1CCC2CCCCC12.COC(=O)CC1CCC2CCCCC21.N#CCCC1CCC2CCCCC12.O=C(O)CC1CCC2CCCCC21.O=C(O)CCC1CCC2CCCCC21.OCCC1CCC2CCCCC12. The normalized spacial score (nSPS) is 38.6. The van der Waals surface area contributed by atoms with Gasteiger partial charge in [0.1, 0.15) is 0 Å². The first-order valence-electron chi connectivity index (χ1n) is 34.6. The molecule has 12 fully saturated rings. The molecule has 0 spiro atoms. The van der Waals surface area contributed by atoms with Crippen molar-refractivity contribution in [1.29, 1.82) is 5.26 Å². The number of fused-ring (bicyclic) bond motifs is 6. The highest BCUT2D eigenvalue weighted by molar-refractivity contribution is 5.69. The van der Waals surface area contributed by atoms with Gasteiger partial charge in [-0.3, -0.25) is 14.4 Å². The van der Waals surface area contributed by atoms with Gasteiger partial charge in [-0.1, -0.05) is 135 Å². The summed E-state index contributed by atoms with van der Waals surface area (Å²) in [5, 5.41) is 34.9. The van der Waals surface area contributed by atoms with Gasteiger partial charge in [0.15, 0.2) is 0 Å². The minimum absolute atomic E-state index is 0.0128. The number of carbonyl (C=O) groups is 3. The van der Waals surface area contributed by atoms with Crippen LogP contribution in [0, 0.1) is 118 Å². The van der Waals surface area contributed by atoms with Gasteiger partial charge in [0, 0.05) is 32.3 Å². The molecule has 12 saturated carbocycles. The molecule has 12 rings (SSSR count).